The van der Waals surface area contributed by atoms with E-state index in [-0.39, 0.29) is 42.8 Å². The third-order valence-electron chi connectivity index (χ3n) is 5.94. The van der Waals surface area contributed by atoms with E-state index in [1.807, 2.05) is 13.8 Å². The highest BCUT2D eigenvalue weighted by Crippen LogP contribution is 2.54. The summed E-state index contributed by atoms with van der Waals surface area (Å²) in [6.07, 6.45) is 0. The van der Waals surface area contributed by atoms with Gasteiger partial charge in [-0.25, -0.2) is 0 Å². The number of nitrogens with one attached hydrogen (secondary N) is 2. The van der Waals surface area contributed by atoms with Crippen LogP contribution in [0.1, 0.15) is 19.4 Å². The highest BCUT2D eigenvalue weighted by atomic mass is 35.5. The van der Waals surface area contributed by atoms with Gasteiger partial charge in [-0.3, -0.25) is 24.6 Å². The Bertz CT molecular complexity index is 842. The van der Waals surface area contributed by atoms with Crippen molar-refractivity contribution in [2.75, 3.05) is 25.6 Å². The Labute approximate surface area is 162 Å². The van der Waals surface area contributed by atoms with Gasteiger partial charge in [-0.2, -0.15) is 0 Å². The van der Waals surface area contributed by atoms with Gasteiger partial charge in [0.15, 0.2) is 0 Å². The standard InChI is InChI=1S/C19H22ClN3O4/c1-9(2)15-13-14(17(25)23(16(13)24)6-7-27-3)19(22-15)11-8-10(20)4-5-12(11)21-18(19)26/h4-5,8-9,13-15,22H,6-7H2,1-3H3,(H,21,26)/t13-,14-,15+,19+/m0/s1. The number of rotatable bonds is 4. The van der Waals surface area contributed by atoms with Gasteiger partial charge in [-0.05, 0) is 24.1 Å². The topological polar surface area (TPSA) is 87.7 Å². The van der Waals surface area contributed by atoms with Crippen molar-refractivity contribution in [2.45, 2.75) is 25.4 Å². The molecule has 3 heterocycles. The molecule has 0 aromatic heterocycles. The largest absolute Gasteiger partial charge is 0.383 e. The SMILES string of the molecule is COCCN1C(=O)[C@@H]2[C@@H](C(C)C)N[C@@]3(C(=O)Nc4ccc(Cl)cc43)[C@@H]2C1=O. The van der Waals surface area contributed by atoms with Crippen LogP contribution in [-0.2, 0) is 24.7 Å². The summed E-state index contributed by atoms with van der Waals surface area (Å²) >= 11 is 6.19. The highest BCUT2D eigenvalue weighted by Gasteiger charge is 2.70. The maximum atomic E-state index is 13.3. The number of halogens is 1. The molecule has 0 bridgehead atoms. The number of likely N-dealkylation sites (tertiary alicyclic amines) is 1. The molecule has 3 aliphatic heterocycles. The number of ether oxygens (including phenoxy) is 1. The minimum atomic E-state index is -1.28. The normalized spacial score (nSPS) is 31.8. The van der Waals surface area contributed by atoms with Crippen LogP contribution >= 0.6 is 11.6 Å². The first-order valence-corrected chi connectivity index (χ1v) is 9.44. The second-order valence-corrected chi connectivity index (χ2v) is 8.13. The molecule has 2 N–H and O–H groups in total. The zero-order valence-electron chi connectivity index (χ0n) is 15.4. The Hall–Kier alpha value is -1.96. The number of nitrogens with zero attached hydrogens (tertiary/aromatic N) is 1. The van der Waals surface area contributed by atoms with E-state index < -0.39 is 17.4 Å². The number of hydrogen-bond acceptors (Lipinski definition) is 5. The van der Waals surface area contributed by atoms with Gasteiger partial charge >= 0.3 is 0 Å². The van der Waals surface area contributed by atoms with Crippen LogP contribution in [0.5, 0.6) is 0 Å². The van der Waals surface area contributed by atoms with E-state index in [1.165, 1.54) is 12.0 Å². The van der Waals surface area contributed by atoms with Crippen LogP contribution in [-0.4, -0.2) is 48.9 Å². The molecule has 0 radical (unpaired) electrons. The summed E-state index contributed by atoms with van der Waals surface area (Å²) in [5.41, 5.74) is -0.0301. The number of benzene rings is 1. The van der Waals surface area contributed by atoms with Crippen LogP contribution in [0.2, 0.25) is 5.02 Å². The maximum Gasteiger partial charge on any atom is 0.250 e. The average molecular weight is 392 g/mol. The molecule has 0 saturated carbocycles. The Balaban J connectivity index is 1.86. The fourth-order valence-electron chi connectivity index (χ4n) is 4.74. The third-order valence-corrected chi connectivity index (χ3v) is 6.18. The fraction of sp³-hybridized carbons (Fsp3) is 0.526. The minimum Gasteiger partial charge on any atom is -0.383 e. The van der Waals surface area contributed by atoms with Crippen LogP contribution in [0.4, 0.5) is 5.69 Å². The van der Waals surface area contributed by atoms with Crippen LogP contribution in [0.25, 0.3) is 0 Å². The summed E-state index contributed by atoms with van der Waals surface area (Å²) in [5, 5.41) is 6.70. The van der Waals surface area contributed by atoms with E-state index in [9.17, 15) is 14.4 Å². The van der Waals surface area contributed by atoms with E-state index in [0.29, 0.717) is 16.3 Å². The van der Waals surface area contributed by atoms with Gasteiger partial charge in [-0.1, -0.05) is 25.4 Å². The van der Waals surface area contributed by atoms with E-state index in [2.05, 4.69) is 10.6 Å². The first-order valence-electron chi connectivity index (χ1n) is 9.06. The van der Waals surface area contributed by atoms with Gasteiger partial charge in [0.1, 0.15) is 5.54 Å². The molecule has 1 spiro atoms. The first-order chi connectivity index (χ1) is 12.8. The quantitative estimate of drug-likeness (QED) is 0.757. The lowest BCUT2D eigenvalue weighted by atomic mass is 9.76. The van der Waals surface area contributed by atoms with Crippen molar-refractivity contribution in [3.05, 3.63) is 28.8 Å². The Kier molecular flexibility index (Phi) is 4.29. The molecule has 8 heteroatoms. The lowest BCUT2D eigenvalue weighted by Crippen LogP contribution is -2.54. The number of carbonyl (C=O) groups is 3. The van der Waals surface area contributed by atoms with Crippen molar-refractivity contribution in [3.8, 4) is 0 Å². The summed E-state index contributed by atoms with van der Waals surface area (Å²) in [4.78, 5) is 40.7. The first kappa shape index (κ1) is 18.4. The minimum absolute atomic E-state index is 0.0621. The molecule has 2 saturated heterocycles. The monoisotopic (exact) mass is 391 g/mol. The van der Waals surface area contributed by atoms with E-state index in [4.69, 9.17) is 16.3 Å². The summed E-state index contributed by atoms with van der Waals surface area (Å²) < 4.78 is 5.05. The predicted octanol–water partition coefficient (Wildman–Crippen LogP) is 1.36. The Morgan fingerprint density at radius 3 is 2.67 bits per heavy atom. The molecule has 0 aliphatic carbocycles. The van der Waals surface area contributed by atoms with Gasteiger partial charge in [0.25, 0.3) is 0 Å². The summed E-state index contributed by atoms with van der Waals surface area (Å²) in [6.45, 7) is 4.41. The van der Waals surface area contributed by atoms with Crippen molar-refractivity contribution >= 4 is 35.0 Å². The number of fused-ring (bicyclic) bond motifs is 4. The lowest BCUT2D eigenvalue weighted by Gasteiger charge is -2.30. The van der Waals surface area contributed by atoms with Gasteiger partial charge in [-0.15, -0.1) is 0 Å². The molecule has 144 valence electrons. The summed E-state index contributed by atoms with van der Waals surface area (Å²) in [5.74, 6) is -2.22. The van der Waals surface area contributed by atoms with Crippen molar-refractivity contribution in [3.63, 3.8) is 0 Å². The molecule has 0 unspecified atom stereocenters. The van der Waals surface area contributed by atoms with Crippen molar-refractivity contribution < 1.29 is 19.1 Å². The molecule has 1 aromatic carbocycles. The Morgan fingerprint density at radius 2 is 2.00 bits per heavy atom. The number of carbonyl (C=O) groups excluding carboxylic acids is 3. The summed E-state index contributed by atoms with van der Waals surface area (Å²) in [7, 11) is 1.52. The highest BCUT2D eigenvalue weighted by molar-refractivity contribution is 6.31. The van der Waals surface area contributed by atoms with E-state index in [1.54, 1.807) is 18.2 Å². The average Bonchev–Trinajstić information content (AvgIpc) is 3.20. The zero-order valence-corrected chi connectivity index (χ0v) is 16.2. The zero-order chi connectivity index (χ0) is 19.5. The summed E-state index contributed by atoms with van der Waals surface area (Å²) in [6, 6.07) is 4.83. The van der Waals surface area contributed by atoms with E-state index >= 15 is 0 Å². The van der Waals surface area contributed by atoms with Crippen molar-refractivity contribution in [2.24, 2.45) is 17.8 Å². The van der Waals surface area contributed by atoms with E-state index in [0.717, 1.165) is 0 Å². The van der Waals surface area contributed by atoms with Crippen molar-refractivity contribution in [1.82, 2.24) is 10.2 Å². The molecule has 4 rings (SSSR count). The molecule has 3 amide bonds. The molecule has 4 atom stereocenters. The molecule has 7 nitrogen and oxygen atoms in total. The predicted molar refractivity (Wildman–Crippen MR) is 99.1 cm³/mol. The maximum absolute atomic E-state index is 13.3. The van der Waals surface area contributed by atoms with Crippen LogP contribution in [0.3, 0.4) is 0 Å². The molecular formula is C19H22ClN3O4. The third kappa shape index (κ3) is 2.38. The number of hydrogen-bond donors (Lipinski definition) is 2. The second kappa shape index (κ2) is 6.29. The number of imide groups is 1. The van der Waals surface area contributed by atoms with Gasteiger partial charge in [0.05, 0.1) is 25.0 Å². The van der Waals surface area contributed by atoms with Crippen LogP contribution in [0, 0.1) is 17.8 Å². The van der Waals surface area contributed by atoms with Crippen LogP contribution in [0.15, 0.2) is 18.2 Å². The number of anilines is 1. The molecule has 2 fully saturated rings. The lowest BCUT2D eigenvalue weighted by molar-refractivity contribution is -0.143. The van der Waals surface area contributed by atoms with Gasteiger partial charge < -0.3 is 10.1 Å². The van der Waals surface area contributed by atoms with Gasteiger partial charge in [0.2, 0.25) is 17.7 Å². The fourth-order valence-corrected chi connectivity index (χ4v) is 4.91. The second-order valence-electron chi connectivity index (χ2n) is 7.69. The van der Waals surface area contributed by atoms with Crippen molar-refractivity contribution in [1.29, 1.82) is 0 Å². The van der Waals surface area contributed by atoms with Gasteiger partial charge in [0, 0.05) is 29.4 Å². The van der Waals surface area contributed by atoms with Crippen LogP contribution < -0.4 is 10.6 Å². The number of amides is 3. The number of methoxy groups -OCH3 is 1. The molecule has 3 aliphatic rings. The molecule has 27 heavy (non-hydrogen) atoms. The smallest absolute Gasteiger partial charge is 0.250 e. The molecule has 1 aromatic rings. The Morgan fingerprint density at radius 1 is 1.26 bits per heavy atom. The molecular weight excluding hydrogens is 370 g/mol.